The molecule has 0 saturated carbocycles. The van der Waals surface area contributed by atoms with Crippen molar-refractivity contribution >= 4 is 17.0 Å². The Morgan fingerprint density at radius 1 is 1.20 bits per heavy atom. The Kier molecular flexibility index (Phi) is 8.97. The Bertz CT molecular complexity index is 171. The van der Waals surface area contributed by atoms with E-state index in [0.29, 0.717) is 6.04 Å². The van der Waals surface area contributed by atoms with Crippen LogP contribution in [0.4, 0.5) is 4.79 Å². The van der Waals surface area contributed by atoms with Crippen LogP contribution in [-0.2, 0) is 0 Å². The van der Waals surface area contributed by atoms with Gasteiger partial charge in [-0.05, 0) is 26.7 Å². The molecule has 0 spiro atoms. The molecule has 0 radical (unpaired) electrons. The van der Waals surface area contributed by atoms with E-state index < -0.39 is 0 Å². The molecule has 0 fully saturated rings. The number of unbranched alkanes of at least 4 members (excludes halogenated alkanes) is 2. The third-order valence-electron chi connectivity index (χ3n) is 2.33. The largest absolute Gasteiger partial charge is 0.331 e. The van der Waals surface area contributed by atoms with Crippen LogP contribution in [0.25, 0.3) is 0 Å². The summed E-state index contributed by atoms with van der Waals surface area (Å²) in [4.78, 5) is 13.8. The standard InChI is InChI=1S/C12H25NOS/c1-5-7-9-13(11(3)4)12(14)15-10-8-6-2/h11H,5-10H2,1-4H3. The molecule has 0 aliphatic rings. The van der Waals surface area contributed by atoms with Crippen LogP contribution in [0.2, 0.25) is 0 Å². The van der Waals surface area contributed by atoms with Gasteiger partial charge in [0.2, 0.25) is 0 Å². The SMILES string of the molecule is CCCCSC(=O)N(CCCC)C(C)C. The first-order valence-electron chi connectivity index (χ1n) is 6.06. The van der Waals surface area contributed by atoms with E-state index in [1.165, 1.54) is 11.8 Å². The summed E-state index contributed by atoms with van der Waals surface area (Å²) in [5, 5.41) is 0.256. The quantitative estimate of drug-likeness (QED) is 0.613. The maximum absolute atomic E-state index is 11.9. The first-order valence-corrected chi connectivity index (χ1v) is 7.05. The number of carbonyl (C=O) groups excluding carboxylic acids is 1. The van der Waals surface area contributed by atoms with Gasteiger partial charge in [-0.1, -0.05) is 38.5 Å². The molecule has 1 amide bonds. The van der Waals surface area contributed by atoms with Crippen molar-refractivity contribution in [3.8, 4) is 0 Å². The van der Waals surface area contributed by atoms with Crippen LogP contribution in [0.5, 0.6) is 0 Å². The van der Waals surface area contributed by atoms with Gasteiger partial charge in [0.05, 0.1) is 0 Å². The predicted molar refractivity (Wildman–Crippen MR) is 69.5 cm³/mol. The van der Waals surface area contributed by atoms with Crippen molar-refractivity contribution in [1.82, 2.24) is 4.90 Å². The molecule has 0 aromatic heterocycles. The second-order valence-electron chi connectivity index (χ2n) is 4.11. The lowest BCUT2D eigenvalue weighted by atomic mass is 10.3. The molecule has 0 aliphatic carbocycles. The van der Waals surface area contributed by atoms with E-state index in [1.54, 1.807) is 0 Å². The zero-order valence-corrected chi connectivity index (χ0v) is 11.4. The molecule has 2 nitrogen and oxygen atoms in total. The smallest absolute Gasteiger partial charge is 0.281 e. The fourth-order valence-electron chi connectivity index (χ4n) is 1.28. The van der Waals surface area contributed by atoms with Gasteiger partial charge in [-0.2, -0.15) is 0 Å². The van der Waals surface area contributed by atoms with Crippen molar-refractivity contribution in [1.29, 1.82) is 0 Å². The Morgan fingerprint density at radius 3 is 2.27 bits per heavy atom. The Labute approximate surface area is 98.8 Å². The summed E-state index contributed by atoms with van der Waals surface area (Å²) in [5.41, 5.74) is 0. The van der Waals surface area contributed by atoms with Crippen molar-refractivity contribution < 1.29 is 4.79 Å². The van der Waals surface area contributed by atoms with Crippen molar-refractivity contribution in [3.63, 3.8) is 0 Å². The van der Waals surface area contributed by atoms with Gasteiger partial charge in [-0.3, -0.25) is 4.79 Å². The lowest BCUT2D eigenvalue weighted by Gasteiger charge is -2.26. The predicted octanol–water partition coefficient (Wildman–Crippen LogP) is 4.15. The van der Waals surface area contributed by atoms with Crippen molar-refractivity contribution in [3.05, 3.63) is 0 Å². The first-order chi connectivity index (χ1) is 7.13. The Hall–Kier alpha value is -0.180. The molecule has 0 heterocycles. The molecule has 0 bridgehead atoms. The van der Waals surface area contributed by atoms with E-state index in [-0.39, 0.29) is 5.24 Å². The zero-order chi connectivity index (χ0) is 11.7. The van der Waals surface area contributed by atoms with Crippen LogP contribution in [0.15, 0.2) is 0 Å². The van der Waals surface area contributed by atoms with Crippen LogP contribution in [0.3, 0.4) is 0 Å². The van der Waals surface area contributed by atoms with E-state index in [2.05, 4.69) is 27.7 Å². The Balaban J connectivity index is 3.93. The highest BCUT2D eigenvalue weighted by Gasteiger charge is 2.15. The molecule has 90 valence electrons. The topological polar surface area (TPSA) is 20.3 Å². The summed E-state index contributed by atoms with van der Waals surface area (Å²) >= 11 is 1.47. The summed E-state index contributed by atoms with van der Waals surface area (Å²) in [7, 11) is 0. The van der Waals surface area contributed by atoms with Gasteiger partial charge in [-0.25, -0.2) is 0 Å². The molecule has 3 heteroatoms. The third kappa shape index (κ3) is 6.82. The van der Waals surface area contributed by atoms with Gasteiger partial charge in [0.15, 0.2) is 0 Å². The number of thioether (sulfide) groups is 1. The fraction of sp³-hybridized carbons (Fsp3) is 0.917. The van der Waals surface area contributed by atoms with E-state index >= 15 is 0 Å². The number of hydrogen-bond acceptors (Lipinski definition) is 2. The van der Waals surface area contributed by atoms with Crippen LogP contribution in [-0.4, -0.2) is 28.5 Å². The van der Waals surface area contributed by atoms with Crippen LogP contribution >= 0.6 is 11.8 Å². The molecular weight excluding hydrogens is 206 g/mol. The first kappa shape index (κ1) is 14.8. The maximum atomic E-state index is 11.9. The van der Waals surface area contributed by atoms with Crippen LogP contribution in [0, 0.1) is 0 Å². The normalized spacial score (nSPS) is 10.7. The summed E-state index contributed by atoms with van der Waals surface area (Å²) in [5.74, 6) is 0.963. The van der Waals surface area contributed by atoms with Gasteiger partial charge < -0.3 is 4.90 Å². The van der Waals surface area contributed by atoms with E-state index in [9.17, 15) is 4.79 Å². The minimum absolute atomic E-state index is 0.256. The number of nitrogens with zero attached hydrogens (tertiary/aromatic N) is 1. The molecule has 0 aliphatic heterocycles. The minimum Gasteiger partial charge on any atom is -0.331 e. The number of rotatable bonds is 7. The monoisotopic (exact) mass is 231 g/mol. The minimum atomic E-state index is 0.256. The average molecular weight is 231 g/mol. The highest BCUT2D eigenvalue weighted by atomic mass is 32.2. The lowest BCUT2D eigenvalue weighted by molar-refractivity contribution is 0.207. The molecule has 0 aromatic carbocycles. The molecule has 0 unspecified atom stereocenters. The van der Waals surface area contributed by atoms with Crippen LogP contribution in [0.1, 0.15) is 53.4 Å². The van der Waals surface area contributed by atoms with Crippen molar-refractivity contribution in [2.75, 3.05) is 12.3 Å². The van der Waals surface area contributed by atoms with E-state index in [1.807, 2.05) is 4.90 Å². The maximum Gasteiger partial charge on any atom is 0.281 e. The molecule has 0 saturated heterocycles. The van der Waals surface area contributed by atoms with E-state index in [0.717, 1.165) is 38.0 Å². The van der Waals surface area contributed by atoms with Gasteiger partial charge in [0.1, 0.15) is 0 Å². The molecular formula is C12H25NOS. The summed E-state index contributed by atoms with van der Waals surface area (Å²) < 4.78 is 0. The molecule has 0 rings (SSSR count). The lowest BCUT2D eigenvalue weighted by Crippen LogP contribution is -2.35. The third-order valence-corrected chi connectivity index (χ3v) is 3.31. The van der Waals surface area contributed by atoms with Crippen LogP contribution < -0.4 is 0 Å². The summed E-state index contributed by atoms with van der Waals surface area (Å²) in [6.07, 6.45) is 4.56. The highest BCUT2D eigenvalue weighted by Crippen LogP contribution is 2.14. The average Bonchev–Trinajstić information content (AvgIpc) is 2.18. The highest BCUT2D eigenvalue weighted by molar-refractivity contribution is 8.13. The van der Waals surface area contributed by atoms with Gasteiger partial charge in [0, 0.05) is 18.3 Å². The second-order valence-corrected chi connectivity index (χ2v) is 5.15. The number of hydrogen-bond donors (Lipinski definition) is 0. The number of amides is 1. The molecule has 15 heavy (non-hydrogen) atoms. The second kappa shape index (κ2) is 9.08. The summed E-state index contributed by atoms with van der Waals surface area (Å²) in [6.45, 7) is 9.41. The van der Waals surface area contributed by atoms with Gasteiger partial charge in [0.25, 0.3) is 5.24 Å². The molecule has 0 N–H and O–H groups in total. The van der Waals surface area contributed by atoms with E-state index in [4.69, 9.17) is 0 Å². The molecule has 0 aromatic rings. The number of carbonyl (C=O) groups is 1. The van der Waals surface area contributed by atoms with Crippen molar-refractivity contribution in [2.45, 2.75) is 59.4 Å². The zero-order valence-electron chi connectivity index (χ0n) is 10.6. The van der Waals surface area contributed by atoms with Gasteiger partial charge >= 0.3 is 0 Å². The van der Waals surface area contributed by atoms with Crippen molar-refractivity contribution in [2.24, 2.45) is 0 Å². The van der Waals surface area contributed by atoms with Gasteiger partial charge in [-0.15, -0.1) is 0 Å². The Morgan fingerprint density at radius 2 is 1.80 bits per heavy atom. The fourth-order valence-corrected chi connectivity index (χ4v) is 2.35. The molecule has 0 atom stereocenters. The summed E-state index contributed by atoms with van der Waals surface area (Å²) in [6, 6.07) is 0.332.